The molecule has 3 rings (SSSR count). The van der Waals surface area contributed by atoms with E-state index in [0.29, 0.717) is 4.57 Å². The van der Waals surface area contributed by atoms with Gasteiger partial charge in [0.2, 0.25) is 12.0 Å². The van der Waals surface area contributed by atoms with Crippen LogP contribution in [0.15, 0.2) is 11.1 Å². The van der Waals surface area contributed by atoms with Crippen LogP contribution < -0.4 is 17.0 Å². The molecule has 3 heterocycles. The van der Waals surface area contributed by atoms with Crippen LogP contribution >= 0.6 is 0 Å². The summed E-state index contributed by atoms with van der Waals surface area (Å²) in [6.07, 6.45) is -3.47. The molecule has 12 heteroatoms. The second kappa shape index (κ2) is 5.59. The number of carbonyl (C=O) groups excluding carboxylic acids is 2. The molecular formula is C12H12N6O6. The van der Waals surface area contributed by atoms with Crippen molar-refractivity contribution in [1.29, 1.82) is 0 Å². The quantitative estimate of drug-likeness (QED) is 0.440. The largest absolute Gasteiger partial charge is 0.394 e. The number of ether oxygens (including phenoxy) is 1. The number of amides is 1. The fraction of sp³-hybridized carbons (Fsp3) is 0.333. The van der Waals surface area contributed by atoms with Crippen LogP contribution in [-0.2, 0) is 9.53 Å². The van der Waals surface area contributed by atoms with E-state index in [9.17, 15) is 19.5 Å². The maximum absolute atomic E-state index is 12.5. The van der Waals surface area contributed by atoms with E-state index in [1.54, 1.807) is 0 Å². The maximum Gasteiger partial charge on any atom is 0.286 e. The molecule has 0 aromatic carbocycles. The molecule has 2 aromatic heterocycles. The predicted octanol–water partition coefficient (Wildman–Crippen LogP) is -3.31. The fourth-order valence-corrected chi connectivity index (χ4v) is 2.38. The van der Waals surface area contributed by atoms with Gasteiger partial charge in [0, 0.05) is 0 Å². The molecule has 12 nitrogen and oxygen atoms in total. The molecule has 6 N–H and O–H groups in total. The summed E-state index contributed by atoms with van der Waals surface area (Å²) >= 11 is 0. The minimum absolute atomic E-state index is 0.135. The summed E-state index contributed by atoms with van der Waals surface area (Å²) in [6.45, 7) is -0.652. The number of carbonyl (C=O) groups is 2. The number of hydrogen-bond acceptors (Lipinski definition) is 10. The predicted molar refractivity (Wildman–Crippen MR) is 76.5 cm³/mol. The number of rotatable bonds is 3. The van der Waals surface area contributed by atoms with E-state index in [0.717, 1.165) is 6.33 Å². The van der Waals surface area contributed by atoms with Crippen molar-refractivity contribution in [3.8, 4) is 0 Å². The van der Waals surface area contributed by atoms with E-state index in [4.69, 9.17) is 21.3 Å². The van der Waals surface area contributed by atoms with Crippen LogP contribution in [-0.4, -0.2) is 60.2 Å². The third-order valence-electron chi connectivity index (χ3n) is 3.54. The first-order valence-electron chi connectivity index (χ1n) is 6.67. The lowest BCUT2D eigenvalue weighted by Gasteiger charge is -2.16. The third kappa shape index (κ3) is 2.20. The van der Waals surface area contributed by atoms with Crippen molar-refractivity contribution in [2.24, 2.45) is 5.73 Å². The highest BCUT2D eigenvalue weighted by Crippen LogP contribution is 2.27. The Labute approximate surface area is 132 Å². The Kier molecular flexibility index (Phi) is 3.71. The van der Waals surface area contributed by atoms with Gasteiger partial charge in [0.15, 0.2) is 17.2 Å². The van der Waals surface area contributed by atoms with Crippen LogP contribution in [0.4, 0.5) is 5.82 Å². The van der Waals surface area contributed by atoms with Crippen LogP contribution in [0.2, 0.25) is 0 Å². The standard InChI is InChI=1S/C12H12N6O6/c13-8-4-10(16-2-15-8)18(11(23)5(17-4)9(14)22)12-7(21)6(20)3(1-19)24-12/h2-3,6,12,19-20H,1H2,(H2,14,22)(H2,13,15,16)/t3?,6-,12?/m1/s1. The second-order valence-corrected chi connectivity index (χ2v) is 4.99. The number of nitrogens with zero attached hydrogens (tertiary/aromatic N) is 4. The number of Topliss-reactive ketones (excluding diaryl/α,β-unsaturated/α-hetero) is 1. The first-order chi connectivity index (χ1) is 11.4. The highest BCUT2D eigenvalue weighted by Gasteiger charge is 2.44. The van der Waals surface area contributed by atoms with Crippen molar-refractivity contribution in [3.05, 3.63) is 22.4 Å². The first-order valence-corrected chi connectivity index (χ1v) is 6.67. The zero-order chi connectivity index (χ0) is 17.6. The van der Waals surface area contributed by atoms with Crippen molar-refractivity contribution >= 4 is 28.7 Å². The SMILES string of the molecule is NC(=O)c1nc2c(N)ncnc2n(C2OC(CO)[C@@H](O)C2=O)c1=O. The first kappa shape index (κ1) is 15.9. The van der Waals surface area contributed by atoms with Gasteiger partial charge in [0.1, 0.15) is 24.1 Å². The molecule has 24 heavy (non-hydrogen) atoms. The molecule has 0 spiro atoms. The summed E-state index contributed by atoms with van der Waals surface area (Å²) in [5.41, 5.74) is 8.74. The van der Waals surface area contributed by atoms with Gasteiger partial charge < -0.3 is 26.4 Å². The summed E-state index contributed by atoms with van der Waals surface area (Å²) in [7, 11) is 0. The molecule has 126 valence electrons. The van der Waals surface area contributed by atoms with E-state index >= 15 is 0 Å². The Morgan fingerprint density at radius 1 is 1.38 bits per heavy atom. The average Bonchev–Trinajstić information content (AvgIpc) is 2.82. The molecular weight excluding hydrogens is 324 g/mol. The molecule has 0 aliphatic carbocycles. The molecule has 3 atom stereocenters. The van der Waals surface area contributed by atoms with Gasteiger partial charge in [0.25, 0.3) is 11.5 Å². The zero-order valence-corrected chi connectivity index (χ0v) is 12.0. The summed E-state index contributed by atoms with van der Waals surface area (Å²) in [5.74, 6) is -2.19. The van der Waals surface area contributed by atoms with Gasteiger partial charge in [-0.05, 0) is 0 Å². The number of aromatic nitrogens is 4. The summed E-state index contributed by atoms with van der Waals surface area (Å²) < 4.78 is 5.93. The number of nitrogens with two attached hydrogens (primary N) is 2. The molecule has 2 aromatic rings. The smallest absolute Gasteiger partial charge is 0.286 e. The van der Waals surface area contributed by atoms with E-state index < -0.39 is 48.0 Å². The van der Waals surface area contributed by atoms with Gasteiger partial charge in [0.05, 0.1) is 6.61 Å². The van der Waals surface area contributed by atoms with Gasteiger partial charge >= 0.3 is 0 Å². The third-order valence-corrected chi connectivity index (χ3v) is 3.54. The lowest BCUT2D eigenvalue weighted by atomic mass is 10.1. The van der Waals surface area contributed by atoms with Gasteiger partial charge in [-0.2, -0.15) is 0 Å². The van der Waals surface area contributed by atoms with Crippen molar-refractivity contribution in [3.63, 3.8) is 0 Å². The average molecular weight is 336 g/mol. The van der Waals surface area contributed by atoms with Crippen LogP contribution in [0.1, 0.15) is 16.7 Å². The van der Waals surface area contributed by atoms with Gasteiger partial charge in [-0.25, -0.2) is 15.0 Å². The molecule has 2 unspecified atom stereocenters. The van der Waals surface area contributed by atoms with Crippen LogP contribution in [0.3, 0.4) is 0 Å². The maximum atomic E-state index is 12.5. The van der Waals surface area contributed by atoms with Gasteiger partial charge in [-0.15, -0.1) is 0 Å². The molecule has 0 saturated carbocycles. The topological polar surface area (TPSA) is 197 Å². The summed E-state index contributed by atoms with van der Waals surface area (Å²) in [5, 5.41) is 18.9. The van der Waals surface area contributed by atoms with Gasteiger partial charge in [-0.1, -0.05) is 0 Å². The molecule has 1 aliphatic heterocycles. The number of hydrogen-bond donors (Lipinski definition) is 4. The molecule has 0 bridgehead atoms. The second-order valence-electron chi connectivity index (χ2n) is 4.99. The van der Waals surface area contributed by atoms with E-state index in [1.807, 2.05) is 0 Å². The van der Waals surface area contributed by atoms with Crippen molar-refractivity contribution in [1.82, 2.24) is 19.5 Å². The zero-order valence-electron chi connectivity index (χ0n) is 12.0. The lowest BCUT2D eigenvalue weighted by Crippen LogP contribution is -2.37. The number of ketones is 1. The Balaban J connectivity index is 2.33. The highest BCUT2D eigenvalue weighted by atomic mass is 16.6. The summed E-state index contributed by atoms with van der Waals surface area (Å²) in [4.78, 5) is 47.4. The number of anilines is 1. The minimum Gasteiger partial charge on any atom is -0.394 e. The van der Waals surface area contributed by atoms with Crippen LogP contribution in [0, 0.1) is 0 Å². The number of nitrogen functional groups attached to an aromatic ring is 1. The Hall–Kier alpha value is -2.96. The van der Waals surface area contributed by atoms with Crippen molar-refractivity contribution in [2.75, 3.05) is 12.3 Å². The number of fused-ring (bicyclic) bond motifs is 1. The lowest BCUT2D eigenvalue weighted by molar-refractivity contribution is -0.130. The molecule has 0 radical (unpaired) electrons. The monoisotopic (exact) mass is 336 g/mol. The Bertz CT molecular complexity index is 911. The molecule has 1 saturated heterocycles. The molecule has 1 aliphatic rings. The Morgan fingerprint density at radius 2 is 2.08 bits per heavy atom. The molecule has 1 fully saturated rings. The minimum atomic E-state index is -1.65. The normalized spacial score (nSPS) is 23.8. The van der Waals surface area contributed by atoms with Crippen molar-refractivity contribution < 1.29 is 24.5 Å². The van der Waals surface area contributed by atoms with E-state index in [1.165, 1.54) is 0 Å². The molecule has 1 amide bonds. The number of aliphatic hydroxyl groups excluding tert-OH is 2. The van der Waals surface area contributed by atoms with E-state index in [-0.39, 0.29) is 17.0 Å². The number of aliphatic hydroxyl groups is 2. The fourth-order valence-electron chi connectivity index (χ4n) is 2.38. The summed E-state index contributed by atoms with van der Waals surface area (Å²) in [6, 6.07) is 0. The Morgan fingerprint density at radius 3 is 2.67 bits per heavy atom. The van der Waals surface area contributed by atoms with Gasteiger partial charge in [-0.3, -0.25) is 19.0 Å². The highest BCUT2D eigenvalue weighted by molar-refractivity contribution is 5.94. The van der Waals surface area contributed by atoms with Crippen LogP contribution in [0.25, 0.3) is 11.2 Å². The van der Waals surface area contributed by atoms with Crippen molar-refractivity contribution in [2.45, 2.75) is 18.4 Å². The van der Waals surface area contributed by atoms with Crippen LogP contribution in [0.5, 0.6) is 0 Å². The number of primary amides is 1. The van der Waals surface area contributed by atoms with E-state index in [2.05, 4.69) is 15.0 Å².